The fraction of sp³-hybridized carbons (Fsp3) is 0.250. The minimum Gasteiger partial charge on any atom is -0.294 e. The van der Waals surface area contributed by atoms with Crippen molar-refractivity contribution in [3.8, 4) is 0 Å². The average Bonchev–Trinajstić information content (AvgIpc) is 2.46. The van der Waals surface area contributed by atoms with Crippen LogP contribution in [0.3, 0.4) is 0 Å². The predicted octanol–water partition coefficient (Wildman–Crippen LogP) is 4.09. The second kappa shape index (κ2) is 6.08. The Hall–Kier alpha value is -2.17. The van der Waals surface area contributed by atoms with E-state index >= 15 is 0 Å². The Morgan fingerprint density at radius 2 is 1.81 bits per heavy atom. The first-order chi connectivity index (χ1) is 9.91. The largest absolute Gasteiger partial charge is 0.416 e. The molecule has 1 aromatic heterocycles. The fourth-order valence-electron chi connectivity index (χ4n) is 2.07. The molecular formula is C16H14F3NO. The zero-order valence-electron chi connectivity index (χ0n) is 11.4. The number of ketones is 1. The topological polar surface area (TPSA) is 30.0 Å². The van der Waals surface area contributed by atoms with Crippen molar-refractivity contribution < 1.29 is 18.0 Å². The number of carbonyl (C=O) groups excluding carboxylic acids is 1. The van der Waals surface area contributed by atoms with Crippen molar-refractivity contribution in [2.75, 3.05) is 0 Å². The first-order valence-electron chi connectivity index (χ1n) is 6.54. The monoisotopic (exact) mass is 293 g/mol. The first-order valence-corrected chi connectivity index (χ1v) is 6.54. The maximum absolute atomic E-state index is 12.5. The highest BCUT2D eigenvalue weighted by Crippen LogP contribution is 2.29. The third-order valence-corrected chi connectivity index (χ3v) is 3.23. The molecule has 0 unspecified atom stereocenters. The Labute approximate surface area is 120 Å². The van der Waals surface area contributed by atoms with Gasteiger partial charge in [-0.05, 0) is 35.7 Å². The molecule has 0 saturated heterocycles. The Bertz CT molecular complexity index is 633. The molecule has 2 nitrogen and oxygen atoms in total. The number of rotatable bonds is 4. The number of aromatic nitrogens is 1. The molecule has 110 valence electrons. The van der Waals surface area contributed by atoms with Gasteiger partial charge < -0.3 is 0 Å². The molecule has 0 N–H and O–H groups in total. The van der Waals surface area contributed by atoms with Gasteiger partial charge in [-0.25, -0.2) is 0 Å². The van der Waals surface area contributed by atoms with E-state index in [2.05, 4.69) is 4.98 Å². The van der Waals surface area contributed by atoms with E-state index in [1.165, 1.54) is 12.1 Å². The number of pyridine rings is 1. The summed E-state index contributed by atoms with van der Waals surface area (Å²) < 4.78 is 37.4. The van der Waals surface area contributed by atoms with Gasteiger partial charge in [0, 0.05) is 24.4 Å². The van der Waals surface area contributed by atoms with Crippen LogP contribution in [0.5, 0.6) is 0 Å². The highest BCUT2D eigenvalue weighted by Gasteiger charge is 2.30. The number of hydrogen-bond acceptors (Lipinski definition) is 2. The van der Waals surface area contributed by atoms with Crippen molar-refractivity contribution >= 4 is 5.78 Å². The van der Waals surface area contributed by atoms with E-state index in [9.17, 15) is 18.0 Å². The van der Waals surface area contributed by atoms with Crippen LogP contribution in [-0.4, -0.2) is 10.8 Å². The second-order valence-electron chi connectivity index (χ2n) is 4.68. The van der Waals surface area contributed by atoms with Gasteiger partial charge in [-0.2, -0.15) is 13.2 Å². The smallest absolute Gasteiger partial charge is 0.294 e. The SMILES string of the molecule is CCc1cnccc1C(=O)Cc1ccc(C(F)(F)F)cc1. The molecule has 0 fully saturated rings. The maximum atomic E-state index is 12.5. The third-order valence-electron chi connectivity index (χ3n) is 3.23. The number of carbonyl (C=O) groups is 1. The third kappa shape index (κ3) is 3.68. The Balaban J connectivity index is 2.16. The number of Topliss-reactive ketones (excluding diaryl/α,β-unsaturated/α-hetero) is 1. The molecule has 0 aliphatic heterocycles. The quantitative estimate of drug-likeness (QED) is 0.795. The molecule has 0 saturated carbocycles. The molecule has 1 aromatic carbocycles. The van der Waals surface area contributed by atoms with Crippen molar-refractivity contribution in [1.29, 1.82) is 0 Å². The summed E-state index contributed by atoms with van der Waals surface area (Å²) in [5.74, 6) is -0.117. The van der Waals surface area contributed by atoms with E-state index in [-0.39, 0.29) is 12.2 Å². The van der Waals surface area contributed by atoms with E-state index in [1.807, 2.05) is 6.92 Å². The minimum atomic E-state index is -4.36. The number of aryl methyl sites for hydroxylation is 1. The molecule has 0 aliphatic rings. The second-order valence-corrected chi connectivity index (χ2v) is 4.68. The van der Waals surface area contributed by atoms with Crippen LogP contribution in [0, 0.1) is 0 Å². The number of hydrogen-bond donors (Lipinski definition) is 0. The maximum Gasteiger partial charge on any atom is 0.416 e. The van der Waals surface area contributed by atoms with Crippen molar-refractivity contribution in [3.63, 3.8) is 0 Å². The molecule has 2 rings (SSSR count). The Morgan fingerprint density at radius 1 is 1.14 bits per heavy atom. The average molecular weight is 293 g/mol. The molecule has 0 amide bonds. The van der Waals surface area contributed by atoms with Gasteiger partial charge in [-0.15, -0.1) is 0 Å². The summed E-state index contributed by atoms with van der Waals surface area (Å²) in [6, 6.07) is 6.32. The van der Waals surface area contributed by atoms with Crippen molar-refractivity contribution in [3.05, 3.63) is 65.0 Å². The Morgan fingerprint density at radius 3 is 2.38 bits per heavy atom. The van der Waals surface area contributed by atoms with E-state index < -0.39 is 11.7 Å². The van der Waals surface area contributed by atoms with Crippen LogP contribution in [0.1, 0.15) is 34.0 Å². The van der Waals surface area contributed by atoms with Gasteiger partial charge in [0.15, 0.2) is 5.78 Å². The molecule has 0 atom stereocenters. The molecule has 1 heterocycles. The van der Waals surface area contributed by atoms with Crippen LogP contribution in [0.4, 0.5) is 13.2 Å². The normalized spacial score (nSPS) is 11.4. The lowest BCUT2D eigenvalue weighted by molar-refractivity contribution is -0.137. The van der Waals surface area contributed by atoms with Crippen LogP contribution < -0.4 is 0 Å². The molecule has 0 radical (unpaired) electrons. The van der Waals surface area contributed by atoms with Gasteiger partial charge in [-0.1, -0.05) is 19.1 Å². The molecular weight excluding hydrogens is 279 g/mol. The van der Waals surface area contributed by atoms with Gasteiger partial charge in [-0.3, -0.25) is 9.78 Å². The van der Waals surface area contributed by atoms with Crippen molar-refractivity contribution in [2.24, 2.45) is 0 Å². The van der Waals surface area contributed by atoms with Gasteiger partial charge in [0.25, 0.3) is 0 Å². The van der Waals surface area contributed by atoms with Crippen molar-refractivity contribution in [1.82, 2.24) is 4.98 Å². The van der Waals surface area contributed by atoms with Crippen LogP contribution >= 0.6 is 0 Å². The number of halogens is 3. The highest BCUT2D eigenvalue weighted by molar-refractivity contribution is 5.98. The minimum absolute atomic E-state index is 0.0785. The molecule has 2 aromatic rings. The van der Waals surface area contributed by atoms with Crippen LogP contribution in [0.25, 0.3) is 0 Å². The Kier molecular flexibility index (Phi) is 4.40. The molecule has 0 spiro atoms. The standard InChI is InChI=1S/C16H14F3NO/c1-2-12-10-20-8-7-14(12)15(21)9-11-3-5-13(6-4-11)16(17,18)19/h3-8,10H,2,9H2,1H3. The fourth-order valence-corrected chi connectivity index (χ4v) is 2.07. The summed E-state index contributed by atoms with van der Waals surface area (Å²) in [5.41, 5.74) is 1.27. The lowest BCUT2D eigenvalue weighted by Crippen LogP contribution is -2.08. The van der Waals surface area contributed by atoms with Gasteiger partial charge in [0.2, 0.25) is 0 Å². The lowest BCUT2D eigenvalue weighted by atomic mass is 9.98. The lowest BCUT2D eigenvalue weighted by Gasteiger charge is -2.08. The number of benzene rings is 1. The first kappa shape index (κ1) is 15.2. The summed E-state index contributed by atoms with van der Waals surface area (Å²) in [7, 11) is 0. The highest BCUT2D eigenvalue weighted by atomic mass is 19.4. The van der Waals surface area contributed by atoms with Gasteiger partial charge >= 0.3 is 6.18 Å². The number of alkyl halides is 3. The summed E-state index contributed by atoms with van der Waals surface area (Å²) in [5, 5.41) is 0. The summed E-state index contributed by atoms with van der Waals surface area (Å²) in [6.07, 6.45) is -0.417. The summed E-state index contributed by atoms with van der Waals surface area (Å²) in [4.78, 5) is 16.2. The predicted molar refractivity (Wildman–Crippen MR) is 73.1 cm³/mol. The molecule has 0 aliphatic carbocycles. The molecule has 0 bridgehead atoms. The van der Waals surface area contributed by atoms with Gasteiger partial charge in [0.05, 0.1) is 5.56 Å². The van der Waals surface area contributed by atoms with Gasteiger partial charge in [0.1, 0.15) is 0 Å². The van der Waals surface area contributed by atoms with Crippen molar-refractivity contribution in [2.45, 2.75) is 25.9 Å². The zero-order chi connectivity index (χ0) is 15.5. The van der Waals surface area contributed by atoms with E-state index in [4.69, 9.17) is 0 Å². The van der Waals surface area contributed by atoms with Crippen LogP contribution in [0.15, 0.2) is 42.7 Å². The van der Waals surface area contributed by atoms with E-state index in [0.717, 1.165) is 17.7 Å². The zero-order valence-corrected chi connectivity index (χ0v) is 11.4. The van der Waals surface area contributed by atoms with E-state index in [1.54, 1.807) is 18.5 Å². The summed E-state index contributed by atoms with van der Waals surface area (Å²) in [6.45, 7) is 1.92. The number of nitrogens with zero attached hydrogens (tertiary/aromatic N) is 1. The van der Waals surface area contributed by atoms with Crippen LogP contribution in [0.2, 0.25) is 0 Å². The molecule has 5 heteroatoms. The molecule has 21 heavy (non-hydrogen) atoms. The van der Waals surface area contributed by atoms with Crippen LogP contribution in [-0.2, 0) is 19.0 Å². The van der Waals surface area contributed by atoms with E-state index in [0.29, 0.717) is 17.5 Å². The summed E-state index contributed by atoms with van der Waals surface area (Å²) >= 11 is 0.